The third-order valence-electron chi connectivity index (χ3n) is 5.98. The Hall–Kier alpha value is -1.47. The van der Waals surface area contributed by atoms with Crippen LogP contribution in [0.5, 0.6) is 0 Å². The average molecular weight is 373 g/mol. The summed E-state index contributed by atoms with van der Waals surface area (Å²) in [6, 6.07) is 11.1. The fourth-order valence-corrected chi connectivity index (χ4v) is 4.86. The van der Waals surface area contributed by atoms with Crippen molar-refractivity contribution in [2.24, 2.45) is 0 Å². The van der Waals surface area contributed by atoms with E-state index in [4.69, 9.17) is 4.74 Å². The van der Waals surface area contributed by atoms with E-state index in [1.165, 1.54) is 18.4 Å². The van der Waals surface area contributed by atoms with E-state index in [-0.39, 0.29) is 30.6 Å². The first-order valence-corrected chi connectivity index (χ1v) is 10.3. The van der Waals surface area contributed by atoms with Crippen molar-refractivity contribution in [2.75, 3.05) is 19.6 Å². The molecule has 6 nitrogen and oxygen atoms in total. The van der Waals surface area contributed by atoms with E-state index in [2.05, 4.69) is 64.6 Å². The van der Waals surface area contributed by atoms with E-state index in [1.54, 1.807) is 0 Å². The lowest BCUT2D eigenvalue weighted by atomic mass is 10.0. The maximum absolute atomic E-state index is 12.5. The van der Waals surface area contributed by atoms with Gasteiger partial charge in [-0.15, -0.1) is 0 Å². The molecule has 0 bridgehead atoms. The van der Waals surface area contributed by atoms with Crippen LogP contribution in [0.4, 0.5) is 0 Å². The SMILES string of the molecule is C[C@@H]1CN(C2CC(=O)NC(N3CCC[C@@H]3Cc3ccccc3)N2)C[C@@H](C)O1. The van der Waals surface area contributed by atoms with Crippen molar-refractivity contribution in [3.63, 3.8) is 0 Å². The molecular weight excluding hydrogens is 340 g/mol. The number of rotatable bonds is 4. The van der Waals surface area contributed by atoms with Gasteiger partial charge in [0.05, 0.1) is 24.8 Å². The highest BCUT2D eigenvalue weighted by atomic mass is 16.5. The van der Waals surface area contributed by atoms with Gasteiger partial charge >= 0.3 is 0 Å². The van der Waals surface area contributed by atoms with Gasteiger partial charge in [-0.25, -0.2) is 0 Å². The standard InChI is InChI=1S/C21H32N4O2/c1-15-13-24(14-16(2)27-15)19-12-20(26)23-21(22-19)25-10-6-9-18(25)11-17-7-4-3-5-8-17/h3-5,7-8,15-16,18-19,21-22H,6,9-14H2,1-2H3,(H,23,26)/t15-,16-,18-,19?,21?/m1/s1. The Morgan fingerprint density at radius 3 is 2.63 bits per heavy atom. The second-order valence-electron chi connectivity index (χ2n) is 8.29. The molecule has 6 heteroatoms. The highest BCUT2D eigenvalue weighted by Gasteiger charge is 2.39. The van der Waals surface area contributed by atoms with Crippen LogP contribution in [0.15, 0.2) is 30.3 Å². The first-order valence-electron chi connectivity index (χ1n) is 10.3. The minimum absolute atomic E-state index is 0.0792. The average Bonchev–Trinajstić information content (AvgIpc) is 3.09. The molecule has 0 radical (unpaired) electrons. The van der Waals surface area contributed by atoms with E-state index in [9.17, 15) is 4.79 Å². The molecule has 1 aromatic rings. The van der Waals surface area contributed by atoms with E-state index < -0.39 is 0 Å². The van der Waals surface area contributed by atoms with Gasteiger partial charge in [-0.3, -0.25) is 19.9 Å². The highest BCUT2D eigenvalue weighted by Crippen LogP contribution is 2.24. The predicted molar refractivity (Wildman–Crippen MR) is 105 cm³/mol. The Morgan fingerprint density at radius 2 is 1.89 bits per heavy atom. The first-order chi connectivity index (χ1) is 13.1. The molecule has 5 atom stereocenters. The van der Waals surface area contributed by atoms with E-state index >= 15 is 0 Å². The van der Waals surface area contributed by atoms with Crippen LogP contribution in [0.3, 0.4) is 0 Å². The van der Waals surface area contributed by atoms with Gasteiger partial charge in [0.25, 0.3) is 0 Å². The van der Waals surface area contributed by atoms with Crippen LogP contribution in [0.25, 0.3) is 0 Å². The van der Waals surface area contributed by atoms with Gasteiger partial charge in [0.15, 0.2) is 0 Å². The fourth-order valence-electron chi connectivity index (χ4n) is 4.86. The largest absolute Gasteiger partial charge is 0.373 e. The summed E-state index contributed by atoms with van der Waals surface area (Å²) in [4.78, 5) is 17.3. The summed E-state index contributed by atoms with van der Waals surface area (Å²) in [6.07, 6.45) is 4.31. The lowest BCUT2D eigenvalue weighted by Gasteiger charge is -2.46. The van der Waals surface area contributed by atoms with Gasteiger partial charge < -0.3 is 10.1 Å². The molecule has 0 aromatic heterocycles. The Kier molecular flexibility index (Phi) is 5.78. The van der Waals surface area contributed by atoms with Crippen LogP contribution in [-0.2, 0) is 16.0 Å². The van der Waals surface area contributed by atoms with Crippen molar-refractivity contribution in [1.82, 2.24) is 20.4 Å². The van der Waals surface area contributed by atoms with Gasteiger partial charge in [0, 0.05) is 25.7 Å². The normalized spacial score (nSPS) is 35.9. The maximum atomic E-state index is 12.5. The molecule has 2 N–H and O–H groups in total. The van der Waals surface area contributed by atoms with Crippen molar-refractivity contribution in [2.45, 2.75) is 70.2 Å². The summed E-state index contributed by atoms with van der Waals surface area (Å²) in [5.74, 6) is 0.140. The second-order valence-corrected chi connectivity index (χ2v) is 8.29. The Bertz CT molecular complexity index is 630. The second kappa shape index (κ2) is 8.27. The zero-order chi connectivity index (χ0) is 18.8. The van der Waals surface area contributed by atoms with E-state index in [1.807, 2.05) is 0 Å². The molecule has 148 valence electrons. The summed E-state index contributed by atoms with van der Waals surface area (Å²) in [7, 11) is 0. The van der Waals surface area contributed by atoms with Gasteiger partial charge in [-0.2, -0.15) is 0 Å². The van der Waals surface area contributed by atoms with E-state index in [0.717, 1.165) is 26.1 Å². The molecule has 0 saturated carbocycles. The van der Waals surface area contributed by atoms with Crippen LogP contribution in [0, 0.1) is 0 Å². The van der Waals surface area contributed by atoms with Crippen molar-refractivity contribution >= 4 is 5.91 Å². The van der Waals surface area contributed by atoms with Crippen LogP contribution < -0.4 is 10.6 Å². The molecule has 2 unspecified atom stereocenters. The number of nitrogens with zero attached hydrogens (tertiary/aromatic N) is 2. The number of benzene rings is 1. The Labute approximate surface area is 162 Å². The van der Waals surface area contributed by atoms with E-state index in [0.29, 0.717) is 12.5 Å². The van der Waals surface area contributed by atoms with Gasteiger partial charge in [-0.05, 0) is 38.7 Å². The molecule has 3 heterocycles. The molecule has 3 saturated heterocycles. The quantitative estimate of drug-likeness (QED) is 0.839. The third-order valence-corrected chi connectivity index (χ3v) is 5.98. The number of likely N-dealkylation sites (tertiary alicyclic amines) is 1. The van der Waals surface area contributed by atoms with Gasteiger partial charge in [0.2, 0.25) is 5.91 Å². The fraction of sp³-hybridized carbons (Fsp3) is 0.667. The summed E-state index contributed by atoms with van der Waals surface area (Å²) in [5, 5.41) is 6.90. The van der Waals surface area contributed by atoms with Crippen molar-refractivity contribution < 1.29 is 9.53 Å². The lowest BCUT2D eigenvalue weighted by Crippen LogP contribution is -2.69. The molecule has 1 amide bonds. The number of hydrogen-bond donors (Lipinski definition) is 2. The molecule has 27 heavy (non-hydrogen) atoms. The Balaban J connectivity index is 1.43. The van der Waals surface area contributed by atoms with Crippen LogP contribution in [0.2, 0.25) is 0 Å². The summed E-state index contributed by atoms with van der Waals surface area (Å²) < 4.78 is 5.86. The summed E-state index contributed by atoms with van der Waals surface area (Å²) >= 11 is 0. The van der Waals surface area contributed by atoms with Gasteiger partial charge in [-0.1, -0.05) is 30.3 Å². The van der Waals surface area contributed by atoms with Crippen molar-refractivity contribution in [1.29, 1.82) is 0 Å². The smallest absolute Gasteiger partial charge is 0.225 e. The molecule has 1 aromatic carbocycles. The number of hydrogen-bond acceptors (Lipinski definition) is 5. The predicted octanol–water partition coefficient (Wildman–Crippen LogP) is 1.52. The summed E-state index contributed by atoms with van der Waals surface area (Å²) in [6.45, 7) is 6.99. The van der Waals surface area contributed by atoms with Gasteiger partial charge in [0.1, 0.15) is 6.29 Å². The minimum atomic E-state index is -0.0825. The van der Waals surface area contributed by atoms with Crippen LogP contribution >= 0.6 is 0 Å². The number of nitrogens with one attached hydrogen (secondary N) is 2. The Morgan fingerprint density at radius 1 is 1.15 bits per heavy atom. The third kappa shape index (κ3) is 4.51. The lowest BCUT2D eigenvalue weighted by molar-refractivity contribution is -0.135. The number of morpholine rings is 1. The van der Waals surface area contributed by atoms with Crippen LogP contribution in [-0.4, -0.2) is 66.0 Å². The monoisotopic (exact) mass is 372 g/mol. The molecule has 0 spiro atoms. The number of carbonyl (C=O) groups is 1. The minimum Gasteiger partial charge on any atom is -0.373 e. The molecule has 3 fully saturated rings. The first kappa shape index (κ1) is 18.9. The summed E-state index contributed by atoms with van der Waals surface area (Å²) in [5.41, 5.74) is 1.36. The topological polar surface area (TPSA) is 56.8 Å². The maximum Gasteiger partial charge on any atom is 0.225 e. The highest BCUT2D eigenvalue weighted by molar-refractivity contribution is 5.77. The molecule has 0 aliphatic carbocycles. The number of ether oxygens (including phenoxy) is 1. The molecule has 3 aliphatic heterocycles. The number of carbonyl (C=O) groups excluding carboxylic acids is 1. The molecular formula is C21H32N4O2. The molecule has 3 aliphatic rings. The van der Waals surface area contributed by atoms with Crippen molar-refractivity contribution in [3.05, 3.63) is 35.9 Å². The number of amides is 1. The zero-order valence-electron chi connectivity index (χ0n) is 16.4. The molecule has 4 rings (SSSR count). The zero-order valence-corrected chi connectivity index (χ0v) is 16.4. The van der Waals surface area contributed by atoms with Crippen LogP contribution in [0.1, 0.15) is 38.7 Å². The van der Waals surface area contributed by atoms with Crippen molar-refractivity contribution in [3.8, 4) is 0 Å².